The number of aromatic hydroxyl groups is 1. The standard InChI is InChI=1S/C17H19N3O3S.C16H19N3O5S/c1-10-8-18-15(11(2)16(10)23-4)9-24(21)17-19-13-6-5-12(22-3)7-14(13)20-17;1-16(2)11(15(23)24)19-13(22)10(14(19)25-16)18-12(21)9(17)7-3-5-8(20)6-4-7/h5-8H,9H2,1-4H3,(H,19,20);3-6,9-11,14,20H,17H2,1-2H3,(H,18,21)(H,23,24)/t;9?,10-,11+,14-/m.1/s1. The SMILES string of the molecule is CC1(C)S[C@@H]2[C@H](NC(=O)C(N)c3ccc(O)cc3)C(=O)N2[C@H]1C(=O)O.COc1ccc2[nH]c([S+]([O-])Cc3ncc(C)c(OC)c3C)nc2c1. The number of benzene rings is 2. The first-order valence-corrected chi connectivity index (χ1v) is 17.4. The maximum Gasteiger partial charge on any atom is 0.327 e. The number of aromatic amines is 1. The van der Waals surface area contributed by atoms with Crippen molar-refractivity contribution in [2.45, 2.75) is 66.9 Å². The number of fused-ring (bicyclic) bond motifs is 2. The number of carbonyl (C=O) groups excluding carboxylic acids is 2. The Hall–Kier alpha value is -4.51. The number of pyridine rings is 1. The number of aryl methyl sites for hydroxylation is 1. The van der Waals surface area contributed by atoms with Crippen molar-refractivity contribution in [1.82, 2.24) is 25.2 Å². The number of carbonyl (C=O) groups is 3. The minimum atomic E-state index is -1.33. The number of nitrogens with two attached hydrogens (primary N) is 1. The Morgan fingerprint density at radius 3 is 2.51 bits per heavy atom. The fourth-order valence-electron chi connectivity index (χ4n) is 5.83. The number of hydrogen-bond acceptors (Lipinski definition) is 11. The van der Waals surface area contributed by atoms with Gasteiger partial charge < -0.3 is 40.2 Å². The number of phenols is 1. The zero-order valence-electron chi connectivity index (χ0n) is 27.7. The number of methoxy groups -OCH3 is 2. The van der Waals surface area contributed by atoms with E-state index in [1.165, 1.54) is 40.9 Å². The highest BCUT2D eigenvalue weighted by Gasteiger charge is 2.64. The summed E-state index contributed by atoms with van der Waals surface area (Å²) in [6, 6.07) is 8.71. The van der Waals surface area contributed by atoms with Gasteiger partial charge in [-0.25, -0.2) is 4.79 Å². The summed E-state index contributed by atoms with van der Waals surface area (Å²) in [5.74, 6) is -0.162. The second kappa shape index (κ2) is 14.2. The third-order valence-corrected chi connectivity index (χ3v) is 11.1. The topological polar surface area (TPSA) is 216 Å². The normalized spacial score (nSPS) is 20.4. The highest BCUT2D eigenvalue weighted by molar-refractivity contribution is 8.01. The van der Waals surface area contributed by atoms with E-state index in [4.69, 9.17) is 15.2 Å². The van der Waals surface area contributed by atoms with Crippen LogP contribution in [0.3, 0.4) is 0 Å². The van der Waals surface area contributed by atoms with Crippen molar-refractivity contribution in [3.05, 3.63) is 71.0 Å². The number of H-pyrrole nitrogens is 1. The molecule has 2 fully saturated rings. The number of aliphatic carboxylic acids is 1. The molecule has 2 unspecified atom stereocenters. The average Bonchev–Trinajstić information content (AvgIpc) is 3.61. The number of aromatic nitrogens is 3. The number of carboxylic acid groups (broad SMARTS) is 1. The fourth-order valence-corrected chi connectivity index (χ4v) is 8.55. The number of rotatable bonds is 9. The summed E-state index contributed by atoms with van der Waals surface area (Å²) in [6.07, 6.45) is 1.74. The van der Waals surface area contributed by atoms with Gasteiger partial charge in [-0.1, -0.05) is 12.1 Å². The van der Waals surface area contributed by atoms with Gasteiger partial charge in [-0.3, -0.25) is 19.6 Å². The lowest BCUT2D eigenvalue weighted by atomic mass is 9.95. The zero-order valence-corrected chi connectivity index (χ0v) is 29.3. The molecule has 4 aromatic rings. The highest BCUT2D eigenvalue weighted by atomic mass is 32.2. The number of imidazole rings is 1. The minimum absolute atomic E-state index is 0.0606. The Morgan fingerprint density at radius 2 is 1.88 bits per heavy atom. The second-order valence-electron chi connectivity index (χ2n) is 12.1. The number of phenolic OH excluding ortho intramolecular Hbond substituents is 1. The molecule has 4 heterocycles. The van der Waals surface area contributed by atoms with E-state index in [0.29, 0.717) is 16.5 Å². The van der Waals surface area contributed by atoms with Crippen molar-refractivity contribution in [1.29, 1.82) is 0 Å². The molecule has 0 saturated carbocycles. The van der Waals surface area contributed by atoms with Crippen LogP contribution in [0.15, 0.2) is 53.8 Å². The molecule has 2 aliphatic rings. The van der Waals surface area contributed by atoms with Crippen LogP contribution in [0.2, 0.25) is 0 Å². The van der Waals surface area contributed by atoms with E-state index in [1.807, 2.05) is 32.0 Å². The summed E-state index contributed by atoms with van der Waals surface area (Å²) < 4.78 is 22.6. The molecule has 2 aromatic heterocycles. The van der Waals surface area contributed by atoms with Gasteiger partial charge in [0.1, 0.15) is 40.7 Å². The number of ether oxygens (including phenoxy) is 2. The third kappa shape index (κ3) is 7.13. The minimum Gasteiger partial charge on any atom is -0.609 e. The van der Waals surface area contributed by atoms with Crippen LogP contribution in [-0.2, 0) is 31.3 Å². The van der Waals surface area contributed by atoms with Crippen molar-refractivity contribution in [2.24, 2.45) is 5.73 Å². The Balaban J connectivity index is 0.000000191. The molecule has 0 radical (unpaired) electrons. The van der Waals surface area contributed by atoms with Gasteiger partial charge in [0.25, 0.3) is 0 Å². The Kier molecular flexibility index (Phi) is 10.3. The first-order chi connectivity index (χ1) is 23.2. The van der Waals surface area contributed by atoms with Crippen LogP contribution in [0, 0.1) is 13.8 Å². The van der Waals surface area contributed by atoms with Crippen LogP contribution in [-0.4, -0.2) is 88.8 Å². The maximum absolute atomic E-state index is 12.7. The number of nitrogens with one attached hydrogen (secondary N) is 2. The average molecular weight is 711 g/mol. The maximum atomic E-state index is 12.7. The molecule has 49 heavy (non-hydrogen) atoms. The number of amides is 2. The molecule has 2 amide bonds. The lowest BCUT2D eigenvalue weighted by molar-refractivity contribution is -0.161. The molecule has 260 valence electrons. The first-order valence-electron chi connectivity index (χ1n) is 15.2. The molecule has 2 aromatic carbocycles. The quantitative estimate of drug-likeness (QED) is 0.125. The molecular weight excluding hydrogens is 673 g/mol. The van der Waals surface area contributed by atoms with E-state index in [2.05, 4.69) is 20.3 Å². The molecule has 0 bridgehead atoms. The van der Waals surface area contributed by atoms with Gasteiger partial charge in [-0.15, -0.1) is 11.8 Å². The van der Waals surface area contributed by atoms with Crippen molar-refractivity contribution in [3.63, 3.8) is 0 Å². The van der Waals surface area contributed by atoms with E-state index < -0.39 is 57.2 Å². The van der Waals surface area contributed by atoms with Crippen molar-refractivity contribution >= 4 is 51.8 Å². The first kappa shape index (κ1) is 35.8. The van der Waals surface area contributed by atoms with Crippen LogP contribution < -0.4 is 20.5 Å². The van der Waals surface area contributed by atoms with Gasteiger partial charge in [0, 0.05) is 39.3 Å². The molecular formula is C33H38N6O8S2. The fraction of sp³-hybridized carbons (Fsp3) is 0.364. The van der Waals surface area contributed by atoms with E-state index >= 15 is 0 Å². The van der Waals surface area contributed by atoms with Gasteiger partial charge in [0.05, 0.1) is 30.9 Å². The van der Waals surface area contributed by atoms with Crippen LogP contribution in [0.5, 0.6) is 17.2 Å². The number of thioether (sulfide) groups is 1. The van der Waals surface area contributed by atoms with Gasteiger partial charge in [0.15, 0.2) is 5.75 Å². The smallest absolute Gasteiger partial charge is 0.327 e. The Labute approximate surface area is 290 Å². The van der Waals surface area contributed by atoms with Gasteiger partial charge in [-0.05, 0) is 57.5 Å². The van der Waals surface area contributed by atoms with Gasteiger partial charge in [0.2, 0.25) is 11.8 Å². The zero-order chi connectivity index (χ0) is 35.8. The number of hydrogen-bond donors (Lipinski definition) is 5. The summed E-state index contributed by atoms with van der Waals surface area (Å²) in [7, 11) is 3.23. The van der Waals surface area contributed by atoms with E-state index in [0.717, 1.165) is 33.6 Å². The summed E-state index contributed by atoms with van der Waals surface area (Å²) >= 11 is 0.0247. The molecule has 2 aliphatic heterocycles. The lowest BCUT2D eigenvalue weighted by Gasteiger charge is -2.43. The number of β-lactam (4-membered cyclic amide) rings is 1. The summed E-state index contributed by atoms with van der Waals surface area (Å²) in [4.78, 5) is 49.4. The predicted molar refractivity (Wildman–Crippen MR) is 184 cm³/mol. The molecule has 16 heteroatoms. The summed E-state index contributed by atoms with van der Waals surface area (Å²) in [5, 5.41) is 21.3. The van der Waals surface area contributed by atoms with Crippen molar-refractivity contribution in [3.8, 4) is 17.2 Å². The van der Waals surface area contributed by atoms with Crippen LogP contribution in [0.1, 0.15) is 42.3 Å². The van der Waals surface area contributed by atoms with E-state index in [-0.39, 0.29) is 11.5 Å². The number of carboxylic acids is 1. The molecule has 5 atom stereocenters. The van der Waals surface area contributed by atoms with Crippen LogP contribution in [0.4, 0.5) is 0 Å². The Morgan fingerprint density at radius 1 is 1.18 bits per heavy atom. The van der Waals surface area contributed by atoms with E-state index in [1.54, 1.807) is 34.3 Å². The monoisotopic (exact) mass is 710 g/mol. The third-order valence-electron chi connectivity index (χ3n) is 8.41. The Bertz CT molecular complexity index is 1880. The molecule has 2 saturated heterocycles. The summed E-state index contributed by atoms with van der Waals surface area (Å²) in [5.41, 5.74) is 10.6. The van der Waals surface area contributed by atoms with Crippen LogP contribution >= 0.6 is 11.8 Å². The predicted octanol–water partition coefficient (Wildman–Crippen LogP) is 2.92. The molecule has 0 aliphatic carbocycles. The van der Waals surface area contributed by atoms with Crippen molar-refractivity contribution < 1.29 is 38.6 Å². The highest BCUT2D eigenvalue weighted by Crippen LogP contribution is 2.50. The number of nitrogens with zero attached hydrogens (tertiary/aromatic N) is 3. The van der Waals surface area contributed by atoms with Gasteiger partial charge in [-0.2, -0.15) is 4.98 Å². The second-order valence-corrected chi connectivity index (χ2v) is 15.3. The van der Waals surface area contributed by atoms with Gasteiger partial charge >= 0.3 is 11.1 Å². The van der Waals surface area contributed by atoms with E-state index in [9.17, 15) is 29.1 Å². The van der Waals surface area contributed by atoms with Crippen LogP contribution in [0.25, 0.3) is 11.0 Å². The van der Waals surface area contributed by atoms with Crippen molar-refractivity contribution in [2.75, 3.05) is 14.2 Å². The molecule has 14 nitrogen and oxygen atoms in total. The largest absolute Gasteiger partial charge is 0.609 e. The lowest BCUT2D eigenvalue weighted by Crippen LogP contribution is -2.71. The molecule has 0 spiro atoms. The molecule has 6 N–H and O–H groups in total. The summed E-state index contributed by atoms with van der Waals surface area (Å²) in [6.45, 7) is 7.40. The molecule has 6 rings (SSSR count).